The smallest absolute Gasteiger partial charge is 0.275 e. The lowest BCUT2D eigenvalue weighted by Crippen LogP contribution is -3.28. The minimum atomic E-state index is -0.0864. The Kier molecular flexibility index (Phi) is 6.13. The van der Waals surface area contributed by atoms with Crippen LogP contribution in [0.1, 0.15) is 24.3 Å². The standard InChI is InChI=1S/C19H24ClN3O2/c1-15(18-6-3-11-25-18)21-19(24)14-23-9-7-22(8-10-23)13-16-4-2-5-17(20)12-16/h2-6,11-12,15H,7-10,13-14H2,1H3,(H,21,24)/p+2/t15-/m0/s1. The van der Waals surface area contributed by atoms with Gasteiger partial charge in [0.1, 0.15) is 38.5 Å². The topological polar surface area (TPSA) is 51.1 Å². The molecule has 0 unspecified atom stereocenters. The summed E-state index contributed by atoms with van der Waals surface area (Å²) in [5.74, 6) is 0.872. The van der Waals surface area contributed by atoms with Crippen molar-refractivity contribution in [1.29, 1.82) is 0 Å². The van der Waals surface area contributed by atoms with Gasteiger partial charge in [-0.3, -0.25) is 4.79 Å². The van der Waals surface area contributed by atoms with E-state index in [2.05, 4.69) is 11.4 Å². The highest BCUT2D eigenvalue weighted by Gasteiger charge is 2.25. The van der Waals surface area contributed by atoms with Crippen molar-refractivity contribution >= 4 is 17.5 Å². The molecule has 2 aromatic rings. The second-order valence-electron chi connectivity index (χ2n) is 6.79. The monoisotopic (exact) mass is 363 g/mol. The van der Waals surface area contributed by atoms with E-state index in [1.165, 1.54) is 10.5 Å². The maximum atomic E-state index is 12.2. The van der Waals surface area contributed by atoms with Crippen LogP contribution in [0.15, 0.2) is 47.1 Å². The molecule has 1 atom stereocenters. The van der Waals surface area contributed by atoms with Crippen molar-refractivity contribution in [2.45, 2.75) is 19.5 Å². The van der Waals surface area contributed by atoms with Crippen molar-refractivity contribution < 1.29 is 19.0 Å². The zero-order chi connectivity index (χ0) is 17.6. The summed E-state index contributed by atoms with van der Waals surface area (Å²) in [4.78, 5) is 15.1. The number of benzene rings is 1. The SMILES string of the molecule is C[C@H](NC(=O)C[NH+]1CC[NH+](Cc2cccc(Cl)c2)CC1)c1ccco1. The molecule has 25 heavy (non-hydrogen) atoms. The summed E-state index contributed by atoms with van der Waals surface area (Å²) < 4.78 is 5.33. The van der Waals surface area contributed by atoms with E-state index in [9.17, 15) is 4.79 Å². The van der Waals surface area contributed by atoms with Gasteiger partial charge in [-0.05, 0) is 31.2 Å². The Morgan fingerprint density at radius 2 is 1.96 bits per heavy atom. The molecule has 0 spiro atoms. The maximum absolute atomic E-state index is 12.2. The van der Waals surface area contributed by atoms with Gasteiger partial charge in [0.05, 0.1) is 12.3 Å². The van der Waals surface area contributed by atoms with E-state index < -0.39 is 0 Å². The first-order valence-corrected chi connectivity index (χ1v) is 9.22. The van der Waals surface area contributed by atoms with Crippen molar-refractivity contribution in [3.05, 3.63) is 59.0 Å². The van der Waals surface area contributed by atoms with E-state index >= 15 is 0 Å². The normalized spacial score (nSPS) is 21.7. The molecule has 1 saturated heterocycles. The Hall–Kier alpha value is -1.82. The summed E-state index contributed by atoms with van der Waals surface area (Å²) in [5, 5.41) is 3.81. The van der Waals surface area contributed by atoms with E-state index in [4.69, 9.17) is 16.0 Å². The maximum Gasteiger partial charge on any atom is 0.275 e. The molecule has 1 fully saturated rings. The minimum absolute atomic E-state index is 0.0807. The molecular weight excluding hydrogens is 338 g/mol. The van der Waals surface area contributed by atoms with Gasteiger partial charge < -0.3 is 19.5 Å². The molecule has 5 nitrogen and oxygen atoms in total. The Bertz CT molecular complexity index is 682. The third-order valence-corrected chi connectivity index (χ3v) is 5.00. The Morgan fingerprint density at radius 3 is 2.64 bits per heavy atom. The van der Waals surface area contributed by atoms with Crippen LogP contribution in [0.5, 0.6) is 0 Å². The molecule has 6 heteroatoms. The predicted octanol–water partition coefficient (Wildman–Crippen LogP) is 0.0938. The highest BCUT2D eigenvalue weighted by molar-refractivity contribution is 6.30. The molecule has 1 aliphatic heterocycles. The fourth-order valence-corrected chi connectivity index (χ4v) is 3.59. The second kappa shape index (κ2) is 8.52. The largest absolute Gasteiger partial charge is 0.467 e. The van der Waals surface area contributed by atoms with Gasteiger partial charge in [0.25, 0.3) is 5.91 Å². The Labute approximate surface area is 153 Å². The van der Waals surface area contributed by atoms with Crippen molar-refractivity contribution in [2.75, 3.05) is 32.7 Å². The van der Waals surface area contributed by atoms with Gasteiger partial charge in [-0.15, -0.1) is 0 Å². The van der Waals surface area contributed by atoms with Gasteiger partial charge in [-0.2, -0.15) is 0 Å². The van der Waals surface area contributed by atoms with Gasteiger partial charge in [0, 0.05) is 10.6 Å². The number of carbonyl (C=O) groups excluding carboxylic acids is 1. The first kappa shape index (κ1) is 18.0. The number of amides is 1. The summed E-state index contributed by atoms with van der Waals surface area (Å²) in [6, 6.07) is 11.7. The number of carbonyl (C=O) groups is 1. The molecule has 1 amide bonds. The summed E-state index contributed by atoms with van der Waals surface area (Å²) >= 11 is 6.06. The van der Waals surface area contributed by atoms with Crippen molar-refractivity contribution in [3.63, 3.8) is 0 Å². The summed E-state index contributed by atoms with van der Waals surface area (Å²) in [6.07, 6.45) is 1.63. The van der Waals surface area contributed by atoms with Gasteiger partial charge in [-0.1, -0.05) is 23.7 Å². The van der Waals surface area contributed by atoms with Crippen LogP contribution in [0.2, 0.25) is 5.02 Å². The molecule has 2 heterocycles. The Morgan fingerprint density at radius 1 is 1.20 bits per heavy atom. The third kappa shape index (κ3) is 5.33. The van der Waals surface area contributed by atoms with Gasteiger partial charge in [0.15, 0.2) is 6.54 Å². The van der Waals surface area contributed by atoms with E-state index in [-0.39, 0.29) is 11.9 Å². The first-order chi connectivity index (χ1) is 12.1. The number of quaternary nitrogens is 2. The molecule has 0 saturated carbocycles. The molecule has 1 aliphatic rings. The molecule has 1 aromatic heterocycles. The van der Waals surface area contributed by atoms with E-state index in [1.807, 2.05) is 37.3 Å². The zero-order valence-electron chi connectivity index (χ0n) is 14.6. The number of piperazine rings is 1. The number of furan rings is 1. The molecule has 0 aliphatic carbocycles. The highest BCUT2D eigenvalue weighted by Crippen LogP contribution is 2.11. The summed E-state index contributed by atoms with van der Waals surface area (Å²) in [5.41, 5.74) is 1.27. The van der Waals surface area contributed by atoms with Crippen molar-refractivity contribution in [1.82, 2.24) is 5.32 Å². The van der Waals surface area contributed by atoms with E-state index in [0.717, 1.165) is 43.5 Å². The van der Waals surface area contributed by atoms with Crippen LogP contribution in [0.4, 0.5) is 0 Å². The fraction of sp³-hybridized carbons (Fsp3) is 0.421. The quantitative estimate of drug-likeness (QED) is 0.681. The van der Waals surface area contributed by atoms with Crippen LogP contribution in [-0.4, -0.2) is 38.6 Å². The number of hydrogen-bond donors (Lipinski definition) is 3. The van der Waals surface area contributed by atoms with Crippen LogP contribution >= 0.6 is 11.6 Å². The highest BCUT2D eigenvalue weighted by atomic mass is 35.5. The minimum Gasteiger partial charge on any atom is -0.467 e. The van der Waals surface area contributed by atoms with Crippen LogP contribution < -0.4 is 15.1 Å². The number of rotatable bonds is 6. The van der Waals surface area contributed by atoms with E-state index in [0.29, 0.717) is 6.54 Å². The molecule has 1 aromatic carbocycles. The average molecular weight is 364 g/mol. The molecule has 0 bridgehead atoms. The number of nitrogens with one attached hydrogen (secondary N) is 3. The zero-order valence-corrected chi connectivity index (χ0v) is 15.3. The van der Waals surface area contributed by atoms with Crippen molar-refractivity contribution in [2.24, 2.45) is 0 Å². The third-order valence-electron chi connectivity index (χ3n) is 4.77. The van der Waals surface area contributed by atoms with Crippen molar-refractivity contribution in [3.8, 4) is 0 Å². The fourth-order valence-electron chi connectivity index (χ4n) is 3.37. The van der Waals surface area contributed by atoms with Gasteiger partial charge >= 0.3 is 0 Å². The summed E-state index contributed by atoms with van der Waals surface area (Å²) in [6.45, 7) is 7.63. The average Bonchev–Trinajstić information content (AvgIpc) is 3.11. The molecule has 134 valence electrons. The number of halogens is 1. The lowest BCUT2D eigenvalue weighted by atomic mass is 10.2. The molecule has 3 rings (SSSR count). The first-order valence-electron chi connectivity index (χ1n) is 8.84. The van der Waals surface area contributed by atoms with Crippen LogP contribution in [-0.2, 0) is 11.3 Å². The van der Waals surface area contributed by atoms with Crippen LogP contribution in [0.3, 0.4) is 0 Å². The molecule has 3 N–H and O–H groups in total. The Balaban J connectivity index is 1.41. The lowest BCUT2D eigenvalue weighted by molar-refractivity contribution is -1.02. The van der Waals surface area contributed by atoms with Gasteiger partial charge in [0.2, 0.25) is 0 Å². The molecule has 0 radical (unpaired) electrons. The number of hydrogen-bond acceptors (Lipinski definition) is 2. The van der Waals surface area contributed by atoms with Gasteiger partial charge in [-0.25, -0.2) is 0 Å². The summed E-state index contributed by atoms with van der Waals surface area (Å²) in [7, 11) is 0. The molecular formula is C19H26ClN3O2+2. The predicted molar refractivity (Wildman–Crippen MR) is 96.7 cm³/mol. The van der Waals surface area contributed by atoms with Crippen LogP contribution in [0.25, 0.3) is 0 Å². The lowest BCUT2D eigenvalue weighted by Gasteiger charge is -2.29. The van der Waals surface area contributed by atoms with E-state index in [1.54, 1.807) is 11.2 Å². The second-order valence-corrected chi connectivity index (χ2v) is 7.22. The van der Waals surface area contributed by atoms with Crippen LogP contribution in [0, 0.1) is 0 Å².